The minimum atomic E-state index is -3.12. The van der Waals surface area contributed by atoms with Gasteiger partial charge in [-0.15, -0.1) is 0 Å². The van der Waals surface area contributed by atoms with E-state index in [2.05, 4.69) is 15.5 Å². The van der Waals surface area contributed by atoms with Gasteiger partial charge in [0.25, 0.3) is 0 Å². The van der Waals surface area contributed by atoms with Gasteiger partial charge in [0.2, 0.25) is 15.9 Å². The van der Waals surface area contributed by atoms with Crippen LogP contribution < -0.4 is 15.5 Å². The summed E-state index contributed by atoms with van der Waals surface area (Å²) in [5.74, 6) is -0.143. The number of hydrogen-bond acceptors (Lipinski definition) is 5. The Balaban J connectivity index is 1.91. The van der Waals surface area contributed by atoms with Crippen molar-refractivity contribution in [3.05, 3.63) is 24.3 Å². The molecule has 0 atom stereocenters. The van der Waals surface area contributed by atoms with Gasteiger partial charge in [0.1, 0.15) is 0 Å². The number of nitrogens with one attached hydrogen (secondary N) is 2. The first-order valence-corrected chi connectivity index (χ1v) is 10.6. The summed E-state index contributed by atoms with van der Waals surface area (Å²) in [7, 11) is -3.12. The summed E-state index contributed by atoms with van der Waals surface area (Å²) in [6.07, 6.45) is 1.24. The van der Waals surface area contributed by atoms with Crippen LogP contribution in [0.15, 0.2) is 24.3 Å². The number of nitrogens with zero attached hydrogens (tertiary/aromatic N) is 2. The van der Waals surface area contributed by atoms with Gasteiger partial charge < -0.3 is 15.5 Å². The molecule has 0 spiro atoms. The van der Waals surface area contributed by atoms with E-state index >= 15 is 0 Å². The van der Waals surface area contributed by atoms with Crippen LogP contribution in [0.5, 0.6) is 0 Å². The van der Waals surface area contributed by atoms with Crippen molar-refractivity contribution in [3.8, 4) is 0 Å². The summed E-state index contributed by atoms with van der Waals surface area (Å²) in [6.45, 7) is 7.75. The molecule has 1 heterocycles. The number of anilines is 2. The van der Waals surface area contributed by atoms with Gasteiger partial charge in [-0.05, 0) is 36.5 Å². The lowest BCUT2D eigenvalue weighted by molar-refractivity contribution is -0.126. The van der Waals surface area contributed by atoms with Crippen molar-refractivity contribution in [1.82, 2.24) is 9.62 Å². The molecule has 1 saturated heterocycles. The quantitative estimate of drug-likeness (QED) is 0.753. The monoisotopic (exact) mass is 398 g/mol. The van der Waals surface area contributed by atoms with E-state index in [4.69, 9.17) is 12.2 Å². The highest BCUT2D eigenvalue weighted by atomic mass is 32.2. The van der Waals surface area contributed by atoms with Crippen molar-refractivity contribution in [3.63, 3.8) is 0 Å². The van der Waals surface area contributed by atoms with Gasteiger partial charge in [-0.25, -0.2) is 8.42 Å². The number of carbonyl (C=O) groups excluding carboxylic acids is 1. The molecule has 1 aliphatic heterocycles. The van der Waals surface area contributed by atoms with Crippen molar-refractivity contribution in [2.45, 2.75) is 20.8 Å². The molecule has 0 saturated carbocycles. The van der Waals surface area contributed by atoms with Crippen LogP contribution in [0.1, 0.15) is 20.8 Å². The normalized spacial score (nSPS) is 16.2. The van der Waals surface area contributed by atoms with Crippen molar-refractivity contribution >= 4 is 44.6 Å². The van der Waals surface area contributed by atoms with E-state index in [1.54, 1.807) is 0 Å². The number of carbonyl (C=O) groups is 1. The van der Waals surface area contributed by atoms with E-state index in [1.165, 1.54) is 10.6 Å². The van der Waals surface area contributed by atoms with Crippen LogP contribution in [0.3, 0.4) is 0 Å². The lowest BCUT2D eigenvalue weighted by atomic mass is 9.96. The molecule has 1 aliphatic rings. The van der Waals surface area contributed by atoms with E-state index in [-0.39, 0.29) is 11.0 Å². The zero-order valence-electron chi connectivity index (χ0n) is 15.6. The van der Waals surface area contributed by atoms with Gasteiger partial charge in [0.15, 0.2) is 5.11 Å². The van der Waals surface area contributed by atoms with E-state index in [0.29, 0.717) is 26.2 Å². The molecule has 2 rings (SSSR count). The molecule has 1 amide bonds. The summed E-state index contributed by atoms with van der Waals surface area (Å²) >= 11 is 5.17. The molecule has 26 heavy (non-hydrogen) atoms. The van der Waals surface area contributed by atoms with Crippen molar-refractivity contribution in [1.29, 1.82) is 0 Å². The summed E-state index contributed by atoms with van der Waals surface area (Å²) in [4.78, 5) is 14.1. The molecule has 144 valence electrons. The van der Waals surface area contributed by atoms with E-state index in [1.807, 2.05) is 45.0 Å². The second kappa shape index (κ2) is 7.89. The molecule has 7 nitrogen and oxygen atoms in total. The third kappa shape index (κ3) is 5.65. The number of sulfonamides is 1. The van der Waals surface area contributed by atoms with Crippen LogP contribution in [0, 0.1) is 5.41 Å². The predicted octanol–water partition coefficient (Wildman–Crippen LogP) is 1.63. The Bertz CT molecular complexity index is 762. The molecule has 9 heteroatoms. The minimum absolute atomic E-state index is 0.143. The molecule has 0 unspecified atom stereocenters. The fourth-order valence-corrected chi connectivity index (χ4v) is 3.52. The third-order valence-corrected chi connectivity index (χ3v) is 5.61. The Hall–Kier alpha value is -1.71. The highest BCUT2D eigenvalue weighted by Gasteiger charge is 2.24. The molecular formula is C17H26N4O3S2. The largest absolute Gasteiger partial charge is 0.369 e. The molecular weight excluding hydrogens is 372 g/mol. The molecule has 0 aliphatic carbocycles. The molecule has 0 radical (unpaired) electrons. The van der Waals surface area contributed by atoms with Gasteiger partial charge in [0, 0.05) is 43.0 Å². The standard InChI is InChI=1S/C17H26N4O3S2/c1-17(2,3)15(22)19-16(25)18-13-5-7-14(8-6-13)20-9-11-21(12-10-20)26(4,23)24/h5-8H,9-12H2,1-4H3,(H2,18,19,22,25). The summed E-state index contributed by atoms with van der Waals surface area (Å²) in [5.41, 5.74) is 1.29. The Morgan fingerprint density at radius 1 is 1.08 bits per heavy atom. The lowest BCUT2D eigenvalue weighted by Crippen LogP contribution is -2.48. The highest BCUT2D eigenvalue weighted by Crippen LogP contribution is 2.20. The van der Waals surface area contributed by atoms with Crippen LogP contribution >= 0.6 is 12.2 Å². The predicted molar refractivity (Wildman–Crippen MR) is 109 cm³/mol. The van der Waals surface area contributed by atoms with Crippen LogP contribution in [0.4, 0.5) is 11.4 Å². The van der Waals surface area contributed by atoms with Gasteiger partial charge in [-0.3, -0.25) is 4.79 Å². The van der Waals surface area contributed by atoms with Crippen molar-refractivity contribution < 1.29 is 13.2 Å². The van der Waals surface area contributed by atoms with Gasteiger partial charge in [0.05, 0.1) is 6.26 Å². The number of amides is 1. The fraction of sp³-hybridized carbons (Fsp3) is 0.529. The lowest BCUT2D eigenvalue weighted by Gasteiger charge is -2.34. The topological polar surface area (TPSA) is 81.8 Å². The van der Waals surface area contributed by atoms with Crippen molar-refractivity contribution in [2.24, 2.45) is 5.41 Å². The van der Waals surface area contributed by atoms with E-state index in [9.17, 15) is 13.2 Å². The van der Waals surface area contributed by atoms with Crippen LogP contribution in [-0.2, 0) is 14.8 Å². The SMILES string of the molecule is CC(C)(C)C(=O)NC(=S)Nc1ccc(N2CCN(S(C)(=O)=O)CC2)cc1. The molecule has 0 aromatic heterocycles. The smallest absolute Gasteiger partial charge is 0.231 e. The Morgan fingerprint density at radius 3 is 2.08 bits per heavy atom. The summed E-state index contributed by atoms with van der Waals surface area (Å²) in [6, 6.07) is 7.67. The summed E-state index contributed by atoms with van der Waals surface area (Å²) in [5, 5.41) is 5.93. The van der Waals surface area contributed by atoms with Crippen LogP contribution in [0.2, 0.25) is 0 Å². The Labute approximate surface area is 160 Å². The molecule has 1 aromatic carbocycles. The zero-order chi connectivity index (χ0) is 19.5. The Kier molecular flexibility index (Phi) is 6.25. The van der Waals surface area contributed by atoms with E-state index in [0.717, 1.165) is 11.4 Å². The highest BCUT2D eigenvalue weighted by molar-refractivity contribution is 7.88. The average molecular weight is 399 g/mol. The fourth-order valence-electron chi connectivity index (χ4n) is 2.49. The zero-order valence-corrected chi connectivity index (χ0v) is 17.2. The maximum atomic E-state index is 11.9. The van der Waals surface area contributed by atoms with Gasteiger partial charge in [-0.2, -0.15) is 4.31 Å². The molecule has 0 bridgehead atoms. The van der Waals surface area contributed by atoms with Gasteiger partial charge >= 0.3 is 0 Å². The number of benzene rings is 1. The molecule has 2 N–H and O–H groups in total. The number of hydrogen-bond donors (Lipinski definition) is 2. The number of piperazine rings is 1. The van der Waals surface area contributed by atoms with Crippen molar-refractivity contribution in [2.75, 3.05) is 42.7 Å². The second-order valence-electron chi connectivity index (χ2n) is 7.35. The minimum Gasteiger partial charge on any atom is -0.369 e. The molecule has 1 fully saturated rings. The van der Waals surface area contributed by atoms with Gasteiger partial charge in [-0.1, -0.05) is 20.8 Å². The number of thiocarbonyl (C=S) groups is 1. The number of rotatable bonds is 3. The van der Waals surface area contributed by atoms with Crippen LogP contribution in [0.25, 0.3) is 0 Å². The van der Waals surface area contributed by atoms with E-state index < -0.39 is 15.4 Å². The first kappa shape index (κ1) is 20.6. The first-order valence-electron chi connectivity index (χ1n) is 8.39. The first-order chi connectivity index (χ1) is 12.0. The average Bonchev–Trinajstić information content (AvgIpc) is 2.54. The Morgan fingerprint density at radius 2 is 1.62 bits per heavy atom. The third-order valence-electron chi connectivity index (χ3n) is 4.11. The molecule has 1 aromatic rings. The second-order valence-corrected chi connectivity index (χ2v) is 9.74. The maximum Gasteiger partial charge on any atom is 0.231 e. The van der Waals surface area contributed by atoms with Crippen LogP contribution in [-0.4, -0.2) is 56.2 Å². The summed E-state index contributed by atoms with van der Waals surface area (Å²) < 4.78 is 24.6. The maximum absolute atomic E-state index is 11.9.